The highest BCUT2D eigenvalue weighted by atomic mass is 32.2. The van der Waals surface area contributed by atoms with Crippen molar-refractivity contribution in [1.82, 2.24) is 14.4 Å². The van der Waals surface area contributed by atoms with Crippen LogP contribution in [0.5, 0.6) is 0 Å². The Hall–Kier alpha value is -6.17. The third-order valence-electron chi connectivity index (χ3n) is 8.91. The minimum Gasteiger partial charge on any atom is -0.268 e. The zero-order chi connectivity index (χ0) is 44.5. The fraction of sp³-hybridized carbons (Fsp3) is 0. The molecule has 0 atom stereocenters. The van der Waals surface area contributed by atoms with E-state index in [0.29, 0.717) is 5.56 Å². The summed E-state index contributed by atoms with van der Waals surface area (Å²) in [7, 11) is -17.6. The van der Waals surface area contributed by atoms with Crippen molar-refractivity contribution in [2.24, 2.45) is 10.3 Å². The van der Waals surface area contributed by atoms with E-state index in [4.69, 9.17) is 10.3 Å². The second kappa shape index (κ2) is 17.3. The molecule has 0 unspecified atom stereocenters. The molecule has 1 aromatic heterocycles. The first-order valence-electron chi connectivity index (χ1n) is 17.7. The van der Waals surface area contributed by atoms with Gasteiger partial charge in [-0.1, -0.05) is 84.9 Å². The summed E-state index contributed by atoms with van der Waals surface area (Å²) < 4.78 is 103. The maximum Gasteiger partial charge on any atom is 0.265 e. The van der Waals surface area contributed by atoms with E-state index < -0.39 is 71.5 Å². The molecule has 6 N–H and O–H groups in total. The average Bonchev–Trinajstić information content (AvgIpc) is 3.91. The van der Waals surface area contributed by atoms with Crippen LogP contribution in [0.1, 0.15) is 20.7 Å². The molecule has 0 radical (unpaired) electrons. The second-order valence-electron chi connectivity index (χ2n) is 13.1. The molecule has 2 aliphatic rings. The van der Waals surface area contributed by atoms with Crippen LogP contribution in [0.3, 0.4) is 0 Å². The fourth-order valence-corrected chi connectivity index (χ4v) is 12.8. The Bertz CT molecular complexity index is 3410. The maximum absolute atomic E-state index is 12.9. The van der Waals surface area contributed by atoms with Gasteiger partial charge in [-0.2, -0.15) is 0 Å². The first kappa shape index (κ1) is 43.9. The van der Waals surface area contributed by atoms with Crippen LogP contribution in [0.4, 0.5) is 0 Å². The van der Waals surface area contributed by atoms with Gasteiger partial charge in [0.25, 0.3) is 31.9 Å². The summed E-state index contributed by atoms with van der Waals surface area (Å²) in [5.74, 6) is -1.78. The minimum atomic E-state index is -4.50. The highest BCUT2D eigenvalue weighted by molar-refractivity contribution is 7.93. The lowest BCUT2D eigenvalue weighted by atomic mass is 10.1. The number of carbonyl (C=O) groups excluding carboxylic acids is 2. The third-order valence-corrected chi connectivity index (χ3v) is 16.1. The lowest BCUT2D eigenvalue weighted by Gasteiger charge is -2.13. The van der Waals surface area contributed by atoms with E-state index in [2.05, 4.69) is 4.98 Å². The first-order chi connectivity index (χ1) is 29.3. The molecule has 62 heavy (non-hydrogen) atoms. The quantitative estimate of drug-likeness (QED) is 0.123. The van der Waals surface area contributed by atoms with Crippen LogP contribution in [0.15, 0.2) is 171 Å². The molecule has 316 valence electrons. The van der Waals surface area contributed by atoms with Gasteiger partial charge in [-0.05, 0) is 72.3 Å². The second-order valence-corrected chi connectivity index (χ2v) is 21.6. The summed E-state index contributed by atoms with van der Waals surface area (Å²) in [6.45, 7) is 0. The molecule has 0 saturated carbocycles. The number of primary sulfonamides is 2. The number of aromatic nitrogens is 1. The van der Waals surface area contributed by atoms with Crippen molar-refractivity contribution in [3.63, 3.8) is 0 Å². The minimum absolute atomic E-state index is 0.0847. The lowest BCUT2D eigenvalue weighted by molar-refractivity contribution is 0.0972. The SMILES string of the molecule is NS(=O)(=O)c1ccccc1S(=O)(=O)NC(=O)c1ccc(-c2nc3ccccc3s2)cc1.NS(=O)(=O)c1ccccc1S(=O)(=O)NC(=O)c1ccccc1-c1ccc2cccc-2s1. The lowest BCUT2D eigenvalue weighted by Crippen LogP contribution is -2.32. The van der Waals surface area contributed by atoms with Gasteiger partial charge < -0.3 is 0 Å². The number of hydrogen-bond donors (Lipinski definition) is 4. The molecular weight excluding hydrogens is 915 g/mol. The third kappa shape index (κ3) is 9.64. The van der Waals surface area contributed by atoms with E-state index >= 15 is 0 Å². The predicted molar refractivity (Wildman–Crippen MR) is 236 cm³/mol. The summed E-state index contributed by atoms with van der Waals surface area (Å²) in [6, 6.07) is 39.8. The summed E-state index contributed by atoms with van der Waals surface area (Å²) in [5, 5.41) is 11.0. The van der Waals surface area contributed by atoms with Crippen molar-refractivity contribution >= 4 is 84.8 Å². The zero-order valence-corrected chi connectivity index (χ0v) is 36.5. The Morgan fingerprint density at radius 3 is 1.58 bits per heavy atom. The first-order valence-corrected chi connectivity index (χ1v) is 25.4. The van der Waals surface area contributed by atoms with Gasteiger partial charge >= 0.3 is 0 Å². The van der Waals surface area contributed by atoms with Crippen LogP contribution in [0.2, 0.25) is 0 Å². The van der Waals surface area contributed by atoms with Crippen molar-refractivity contribution in [3.05, 3.63) is 163 Å². The Kier molecular flexibility index (Phi) is 12.3. The molecule has 1 aliphatic heterocycles. The average molecular weight is 946 g/mol. The van der Waals surface area contributed by atoms with Crippen LogP contribution >= 0.6 is 22.7 Å². The number of para-hydroxylation sites is 1. The van der Waals surface area contributed by atoms with E-state index in [-0.39, 0.29) is 11.1 Å². The molecule has 0 spiro atoms. The van der Waals surface area contributed by atoms with E-state index in [9.17, 15) is 43.3 Å². The molecule has 0 bridgehead atoms. The molecule has 1 aliphatic carbocycles. The number of nitrogens with one attached hydrogen (secondary N) is 2. The number of carbonyl (C=O) groups is 2. The molecule has 6 aromatic rings. The van der Waals surface area contributed by atoms with Gasteiger partial charge in [-0.15, -0.1) is 22.7 Å². The highest BCUT2D eigenvalue weighted by Gasteiger charge is 2.28. The van der Waals surface area contributed by atoms with Crippen molar-refractivity contribution in [3.8, 4) is 31.5 Å². The summed E-state index contributed by atoms with van der Waals surface area (Å²) in [6.07, 6.45) is 0. The molecule has 2 amide bonds. The number of sulfonamides is 4. The monoisotopic (exact) mass is 945 g/mol. The van der Waals surface area contributed by atoms with Gasteiger partial charge in [0.2, 0.25) is 20.0 Å². The van der Waals surface area contributed by atoms with Crippen molar-refractivity contribution < 1.29 is 43.3 Å². The Morgan fingerprint density at radius 1 is 0.468 bits per heavy atom. The molecular formula is C41H31N5O10S6. The van der Waals surface area contributed by atoms with Crippen molar-refractivity contribution in [2.75, 3.05) is 0 Å². The number of nitrogens with zero attached hydrogens (tertiary/aromatic N) is 1. The van der Waals surface area contributed by atoms with Crippen LogP contribution in [0, 0.1) is 0 Å². The topological polar surface area (TPSA) is 260 Å². The molecule has 15 nitrogen and oxygen atoms in total. The number of thiazole rings is 1. The normalized spacial score (nSPS) is 12.0. The number of benzene rings is 5. The van der Waals surface area contributed by atoms with Crippen molar-refractivity contribution in [1.29, 1.82) is 0 Å². The van der Waals surface area contributed by atoms with Crippen LogP contribution in [-0.4, -0.2) is 50.5 Å². The van der Waals surface area contributed by atoms with Gasteiger partial charge in [-0.3, -0.25) is 9.59 Å². The molecule has 0 fully saturated rings. The van der Waals surface area contributed by atoms with E-state index in [1.54, 1.807) is 30.3 Å². The Morgan fingerprint density at radius 2 is 0.984 bits per heavy atom. The standard InChI is InChI=1S/C21H16N2O5S3.C20H15N3O5S3/c22-30(25,26)19-10-3-4-11-20(19)31(27,28)23-21(24)16-8-2-1-7-15(16)18-13-12-14-6-5-9-17(14)29-18;21-30(25,26)17-7-3-4-8-18(17)31(27,28)23-19(24)13-9-11-14(12-10-13)20-22-15-5-1-2-6-16(15)29-20/h1-13H,(H,23,24)(H2,22,25,26);1-12H,(H,23,24)(H2,21,25,26). The van der Waals surface area contributed by atoms with Gasteiger partial charge in [0.15, 0.2) is 0 Å². The highest BCUT2D eigenvalue weighted by Crippen LogP contribution is 2.37. The Balaban J connectivity index is 0.000000186. The number of fused-ring (bicyclic) bond motifs is 2. The number of rotatable bonds is 10. The number of amides is 2. The largest absolute Gasteiger partial charge is 0.268 e. The summed E-state index contributed by atoms with van der Waals surface area (Å²) in [5.41, 5.74) is 3.49. The predicted octanol–water partition coefficient (Wildman–Crippen LogP) is 6.02. The van der Waals surface area contributed by atoms with Crippen LogP contribution < -0.4 is 19.7 Å². The Labute approximate surface area is 364 Å². The maximum atomic E-state index is 12.9. The molecule has 2 heterocycles. The fourth-order valence-electron chi connectivity index (χ4n) is 6.05. The van der Waals surface area contributed by atoms with E-state index in [1.807, 2.05) is 64.0 Å². The summed E-state index contributed by atoms with van der Waals surface area (Å²) in [4.78, 5) is 29.4. The smallest absolute Gasteiger partial charge is 0.265 e. The van der Waals surface area contributed by atoms with Gasteiger partial charge in [-0.25, -0.2) is 58.4 Å². The van der Waals surface area contributed by atoms with Crippen molar-refractivity contribution in [2.45, 2.75) is 19.6 Å². The van der Waals surface area contributed by atoms with Gasteiger partial charge in [0.05, 0.1) is 10.2 Å². The molecule has 0 saturated heterocycles. The summed E-state index contributed by atoms with van der Waals surface area (Å²) >= 11 is 2.97. The van der Waals surface area contributed by atoms with Crippen LogP contribution in [-0.2, 0) is 40.1 Å². The van der Waals surface area contributed by atoms with Gasteiger partial charge in [0, 0.05) is 32.0 Å². The van der Waals surface area contributed by atoms with E-state index in [0.717, 1.165) is 60.4 Å². The molecule has 5 aromatic carbocycles. The van der Waals surface area contributed by atoms with E-state index in [1.165, 1.54) is 65.1 Å². The number of nitrogens with two attached hydrogens (primary N) is 2. The number of hydrogen-bond acceptors (Lipinski definition) is 13. The van der Waals surface area contributed by atoms with Crippen LogP contribution in [0.25, 0.3) is 41.7 Å². The van der Waals surface area contributed by atoms with Gasteiger partial charge in [0.1, 0.15) is 24.6 Å². The molecule has 8 rings (SSSR count). The molecule has 21 heteroatoms. The zero-order valence-electron chi connectivity index (χ0n) is 31.6.